The molecule has 1 heterocycles. The number of alkyl halides is 3. The van der Waals surface area contributed by atoms with E-state index in [1.54, 1.807) is 0 Å². The van der Waals surface area contributed by atoms with Gasteiger partial charge in [0.05, 0.1) is 5.56 Å². The number of nitrogens with zero attached hydrogens (tertiary/aromatic N) is 1. The predicted molar refractivity (Wildman–Crippen MR) is 68.9 cm³/mol. The van der Waals surface area contributed by atoms with Crippen LogP contribution in [0.1, 0.15) is 30.5 Å². The minimum Gasteiger partial charge on any atom is -0.314 e. The summed E-state index contributed by atoms with van der Waals surface area (Å²) in [5.74, 6) is -0.624. The van der Waals surface area contributed by atoms with E-state index in [2.05, 4.69) is 5.32 Å². The van der Waals surface area contributed by atoms with Crippen LogP contribution in [0.15, 0.2) is 18.2 Å². The third-order valence-corrected chi connectivity index (χ3v) is 3.66. The number of halogens is 4. The smallest absolute Gasteiger partial charge is 0.314 e. The lowest BCUT2D eigenvalue weighted by molar-refractivity contribution is -0.138. The molecule has 0 saturated carbocycles. The van der Waals surface area contributed by atoms with Gasteiger partial charge in [-0.1, -0.05) is 6.92 Å². The highest BCUT2D eigenvalue weighted by molar-refractivity contribution is 5.33. The van der Waals surface area contributed by atoms with Crippen LogP contribution in [0.2, 0.25) is 0 Å². The van der Waals surface area contributed by atoms with Gasteiger partial charge in [0, 0.05) is 32.2 Å². The molecule has 1 fully saturated rings. The normalized spacial score (nSPS) is 19.1. The zero-order valence-corrected chi connectivity index (χ0v) is 11.3. The standard InChI is InChI=1S/C14H18F4N2/c1-2-13(20-7-5-19-6-8-20)11-9-10(15)3-4-12(11)14(16,17)18/h3-4,9,13,19H,2,5-8H2,1H3/t13-/m1/s1. The first-order valence-corrected chi connectivity index (χ1v) is 6.75. The molecular weight excluding hydrogens is 272 g/mol. The Balaban J connectivity index is 2.39. The molecule has 0 aliphatic carbocycles. The van der Waals surface area contributed by atoms with E-state index in [9.17, 15) is 17.6 Å². The quantitative estimate of drug-likeness (QED) is 0.860. The lowest BCUT2D eigenvalue weighted by Gasteiger charge is -2.35. The first-order valence-electron chi connectivity index (χ1n) is 6.75. The Labute approximate surface area is 115 Å². The number of benzene rings is 1. The van der Waals surface area contributed by atoms with E-state index in [0.29, 0.717) is 19.5 Å². The van der Waals surface area contributed by atoms with Crippen molar-refractivity contribution in [3.8, 4) is 0 Å². The summed E-state index contributed by atoms with van der Waals surface area (Å²) < 4.78 is 52.7. The van der Waals surface area contributed by atoms with Gasteiger partial charge < -0.3 is 5.32 Å². The van der Waals surface area contributed by atoms with Crippen LogP contribution < -0.4 is 5.32 Å². The van der Waals surface area contributed by atoms with Gasteiger partial charge in [-0.05, 0) is 30.2 Å². The molecule has 0 bridgehead atoms. The molecule has 20 heavy (non-hydrogen) atoms. The fourth-order valence-electron chi connectivity index (χ4n) is 2.74. The molecule has 6 heteroatoms. The average molecular weight is 290 g/mol. The molecule has 0 radical (unpaired) electrons. The van der Waals surface area contributed by atoms with Crippen molar-refractivity contribution in [3.05, 3.63) is 35.1 Å². The van der Waals surface area contributed by atoms with Crippen LogP contribution in [0.3, 0.4) is 0 Å². The fraction of sp³-hybridized carbons (Fsp3) is 0.571. The molecule has 0 spiro atoms. The SMILES string of the molecule is CC[C@H](c1cc(F)ccc1C(F)(F)F)N1CCNCC1. The fourth-order valence-corrected chi connectivity index (χ4v) is 2.74. The van der Waals surface area contributed by atoms with Gasteiger partial charge in [-0.2, -0.15) is 13.2 Å². The van der Waals surface area contributed by atoms with Crippen molar-refractivity contribution in [1.82, 2.24) is 10.2 Å². The van der Waals surface area contributed by atoms with Crippen LogP contribution in [0, 0.1) is 5.82 Å². The number of hydrogen-bond acceptors (Lipinski definition) is 2. The monoisotopic (exact) mass is 290 g/mol. The Morgan fingerprint density at radius 3 is 2.45 bits per heavy atom. The highest BCUT2D eigenvalue weighted by Gasteiger charge is 2.36. The van der Waals surface area contributed by atoms with E-state index in [1.807, 2.05) is 11.8 Å². The van der Waals surface area contributed by atoms with Crippen molar-refractivity contribution in [2.75, 3.05) is 26.2 Å². The van der Waals surface area contributed by atoms with Crippen LogP contribution in [-0.4, -0.2) is 31.1 Å². The first kappa shape index (κ1) is 15.3. The lowest BCUT2D eigenvalue weighted by atomic mass is 9.96. The highest BCUT2D eigenvalue weighted by Crippen LogP contribution is 2.37. The van der Waals surface area contributed by atoms with Gasteiger partial charge in [0.1, 0.15) is 5.82 Å². The van der Waals surface area contributed by atoms with Gasteiger partial charge in [0.25, 0.3) is 0 Å². The third-order valence-electron chi connectivity index (χ3n) is 3.66. The number of rotatable bonds is 3. The van der Waals surface area contributed by atoms with Gasteiger partial charge in [0.15, 0.2) is 0 Å². The van der Waals surface area contributed by atoms with Crippen LogP contribution >= 0.6 is 0 Å². The van der Waals surface area contributed by atoms with Crippen LogP contribution in [0.25, 0.3) is 0 Å². The Hall–Kier alpha value is -1.14. The number of hydrogen-bond donors (Lipinski definition) is 1. The molecular formula is C14H18F4N2. The second-order valence-electron chi connectivity index (χ2n) is 4.94. The molecule has 2 nitrogen and oxygen atoms in total. The molecule has 112 valence electrons. The Kier molecular flexibility index (Phi) is 4.65. The Morgan fingerprint density at radius 1 is 1.25 bits per heavy atom. The second-order valence-corrected chi connectivity index (χ2v) is 4.94. The predicted octanol–water partition coefficient (Wildman–Crippen LogP) is 3.20. The largest absolute Gasteiger partial charge is 0.416 e. The van der Waals surface area contributed by atoms with E-state index in [-0.39, 0.29) is 5.56 Å². The van der Waals surface area contributed by atoms with Gasteiger partial charge in [0.2, 0.25) is 0 Å². The molecule has 1 aliphatic heterocycles. The molecule has 1 saturated heterocycles. The first-order chi connectivity index (χ1) is 9.43. The van der Waals surface area contributed by atoms with E-state index in [4.69, 9.17) is 0 Å². The van der Waals surface area contributed by atoms with E-state index in [1.165, 1.54) is 0 Å². The summed E-state index contributed by atoms with van der Waals surface area (Å²) in [7, 11) is 0. The summed E-state index contributed by atoms with van der Waals surface area (Å²) in [4.78, 5) is 1.99. The number of piperazine rings is 1. The number of nitrogens with one attached hydrogen (secondary N) is 1. The maximum Gasteiger partial charge on any atom is 0.416 e. The summed E-state index contributed by atoms with van der Waals surface area (Å²) in [6, 6.07) is 2.34. The van der Waals surface area contributed by atoms with Crippen molar-refractivity contribution >= 4 is 0 Å². The molecule has 0 aromatic heterocycles. The minimum absolute atomic E-state index is 0.0434. The molecule has 0 amide bonds. The maximum atomic E-state index is 13.4. The second kappa shape index (κ2) is 6.10. The maximum absolute atomic E-state index is 13.4. The zero-order chi connectivity index (χ0) is 14.8. The average Bonchev–Trinajstić information content (AvgIpc) is 2.39. The van der Waals surface area contributed by atoms with Gasteiger partial charge in [-0.25, -0.2) is 4.39 Å². The van der Waals surface area contributed by atoms with Gasteiger partial charge >= 0.3 is 6.18 Å². The van der Waals surface area contributed by atoms with Crippen molar-refractivity contribution < 1.29 is 17.6 Å². The van der Waals surface area contributed by atoms with Crippen LogP contribution in [0.5, 0.6) is 0 Å². The molecule has 1 aromatic carbocycles. The summed E-state index contributed by atoms with van der Waals surface area (Å²) in [6.45, 7) is 4.66. The summed E-state index contributed by atoms with van der Waals surface area (Å²) in [5.41, 5.74) is -0.689. The minimum atomic E-state index is -4.45. The zero-order valence-electron chi connectivity index (χ0n) is 11.3. The molecule has 0 unspecified atom stereocenters. The molecule has 2 rings (SSSR count). The van der Waals surface area contributed by atoms with Crippen molar-refractivity contribution in [2.24, 2.45) is 0 Å². The highest BCUT2D eigenvalue weighted by atomic mass is 19.4. The Bertz CT molecular complexity index is 453. The molecule has 1 atom stereocenters. The summed E-state index contributed by atoms with van der Waals surface area (Å²) in [6.07, 6.45) is -3.93. The topological polar surface area (TPSA) is 15.3 Å². The van der Waals surface area contributed by atoms with Crippen molar-refractivity contribution in [2.45, 2.75) is 25.6 Å². The van der Waals surface area contributed by atoms with Crippen molar-refractivity contribution in [3.63, 3.8) is 0 Å². The van der Waals surface area contributed by atoms with E-state index < -0.39 is 23.6 Å². The van der Waals surface area contributed by atoms with Crippen LogP contribution in [-0.2, 0) is 6.18 Å². The molecule has 1 aliphatic rings. The third kappa shape index (κ3) is 3.30. The van der Waals surface area contributed by atoms with Crippen LogP contribution in [0.4, 0.5) is 17.6 Å². The summed E-state index contributed by atoms with van der Waals surface area (Å²) in [5, 5.41) is 3.16. The lowest BCUT2D eigenvalue weighted by Crippen LogP contribution is -2.45. The van der Waals surface area contributed by atoms with Gasteiger partial charge in [-0.15, -0.1) is 0 Å². The Morgan fingerprint density at radius 2 is 1.90 bits per heavy atom. The van der Waals surface area contributed by atoms with E-state index in [0.717, 1.165) is 31.3 Å². The summed E-state index contributed by atoms with van der Waals surface area (Å²) >= 11 is 0. The molecule has 1 aromatic rings. The molecule has 1 N–H and O–H groups in total. The van der Waals surface area contributed by atoms with E-state index >= 15 is 0 Å². The van der Waals surface area contributed by atoms with Crippen molar-refractivity contribution in [1.29, 1.82) is 0 Å². The van der Waals surface area contributed by atoms with Gasteiger partial charge in [-0.3, -0.25) is 4.90 Å².